The maximum Gasteiger partial charge on any atom is 0.206 e. The zero-order valence-electron chi connectivity index (χ0n) is 10.8. The van der Waals surface area contributed by atoms with Gasteiger partial charge in [-0.25, -0.2) is 18.2 Å². The molecule has 1 aromatic heterocycles. The number of hydrogen-bond acceptors (Lipinski definition) is 2. The van der Waals surface area contributed by atoms with Gasteiger partial charge in [-0.2, -0.15) is 0 Å². The van der Waals surface area contributed by atoms with E-state index in [-0.39, 0.29) is 22.7 Å². The van der Waals surface area contributed by atoms with Crippen molar-refractivity contribution in [1.29, 1.82) is 0 Å². The van der Waals surface area contributed by atoms with Gasteiger partial charge in [-0.05, 0) is 47.2 Å². The summed E-state index contributed by atoms with van der Waals surface area (Å²) < 4.78 is 43.5. The summed E-state index contributed by atoms with van der Waals surface area (Å²) >= 11 is 1.81. The smallest absolute Gasteiger partial charge is 0.206 e. The monoisotopic (exact) mass is 403 g/mol. The third-order valence-electron chi connectivity index (χ3n) is 3.21. The highest BCUT2D eigenvalue weighted by Crippen LogP contribution is 2.29. The number of nitrogen functional groups attached to an aromatic ring is 1. The van der Waals surface area contributed by atoms with Crippen LogP contribution in [0.2, 0.25) is 0 Å². The van der Waals surface area contributed by atoms with Crippen LogP contribution >= 0.6 is 22.6 Å². The fourth-order valence-electron chi connectivity index (χ4n) is 2.17. The van der Waals surface area contributed by atoms with Crippen molar-refractivity contribution in [3.05, 3.63) is 50.9 Å². The van der Waals surface area contributed by atoms with Crippen LogP contribution < -0.4 is 5.73 Å². The van der Waals surface area contributed by atoms with Crippen molar-refractivity contribution in [2.75, 3.05) is 5.73 Å². The predicted octanol–water partition coefficient (Wildman–Crippen LogP) is 3.94. The standard InChI is InChI=1S/C14H9F3IN3/c1-6-2-3-7(15)13(12(6)17)21-11-4-8(16)9(18)5-10(11)20-14(21)19/h2-5H,1H3,(H2,19,20). The second-order valence-corrected chi connectivity index (χ2v) is 5.75. The van der Waals surface area contributed by atoms with Gasteiger partial charge < -0.3 is 5.73 Å². The van der Waals surface area contributed by atoms with Crippen LogP contribution in [0.3, 0.4) is 0 Å². The van der Waals surface area contributed by atoms with E-state index in [4.69, 9.17) is 5.73 Å². The van der Waals surface area contributed by atoms with Crippen molar-refractivity contribution >= 4 is 39.6 Å². The maximum atomic E-state index is 14.3. The number of anilines is 1. The quantitative estimate of drug-likeness (QED) is 0.626. The van der Waals surface area contributed by atoms with Crippen molar-refractivity contribution < 1.29 is 13.2 Å². The van der Waals surface area contributed by atoms with Gasteiger partial charge in [0.25, 0.3) is 0 Å². The lowest BCUT2D eigenvalue weighted by Gasteiger charge is -2.11. The molecular weight excluding hydrogens is 394 g/mol. The van der Waals surface area contributed by atoms with Crippen LogP contribution in [0.5, 0.6) is 0 Å². The Morgan fingerprint density at radius 2 is 1.86 bits per heavy atom. The van der Waals surface area contributed by atoms with Crippen molar-refractivity contribution in [3.63, 3.8) is 0 Å². The van der Waals surface area contributed by atoms with Crippen LogP contribution in [0.4, 0.5) is 19.1 Å². The van der Waals surface area contributed by atoms with E-state index in [2.05, 4.69) is 4.98 Å². The Labute approximate surface area is 131 Å². The molecule has 0 bridgehead atoms. The molecule has 21 heavy (non-hydrogen) atoms. The molecule has 3 rings (SSSR count). The number of imidazole rings is 1. The van der Waals surface area contributed by atoms with E-state index in [9.17, 15) is 13.2 Å². The second-order valence-electron chi connectivity index (χ2n) is 4.59. The van der Waals surface area contributed by atoms with Crippen LogP contribution in [0.25, 0.3) is 16.7 Å². The summed E-state index contributed by atoms with van der Waals surface area (Å²) in [6, 6.07) is 5.11. The van der Waals surface area contributed by atoms with E-state index in [0.29, 0.717) is 9.09 Å². The summed E-state index contributed by atoms with van der Waals surface area (Å²) in [5, 5.41) is 0. The first kappa shape index (κ1) is 14.2. The number of fused-ring (bicyclic) bond motifs is 1. The average molecular weight is 403 g/mol. The third-order valence-corrected chi connectivity index (χ3v) is 4.03. The number of rotatable bonds is 1. The summed E-state index contributed by atoms with van der Waals surface area (Å²) in [4.78, 5) is 4.04. The fourth-order valence-corrected chi connectivity index (χ4v) is 2.62. The Morgan fingerprint density at radius 1 is 1.14 bits per heavy atom. The highest BCUT2D eigenvalue weighted by molar-refractivity contribution is 14.1. The molecule has 0 aliphatic carbocycles. The lowest BCUT2D eigenvalue weighted by Crippen LogP contribution is -2.07. The molecule has 0 saturated carbocycles. The van der Waals surface area contributed by atoms with Crippen LogP contribution in [-0.2, 0) is 0 Å². The first-order chi connectivity index (χ1) is 9.90. The van der Waals surface area contributed by atoms with E-state index in [1.54, 1.807) is 0 Å². The fraction of sp³-hybridized carbons (Fsp3) is 0.0714. The highest BCUT2D eigenvalue weighted by atomic mass is 127. The topological polar surface area (TPSA) is 43.8 Å². The van der Waals surface area contributed by atoms with E-state index < -0.39 is 17.5 Å². The Hall–Kier alpha value is -1.77. The van der Waals surface area contributed by atoms with Gasteiger partial charge in [-0.1, -0.05) is 6.07 Å². The Bertz CT molecular complexity index is 874. The number of hydrogen-bond donors (Lipinski definition) is 1. The number of benzene rings is 2. The van der Waals surface area contributed by atoms with Crippen molar-refractivity contribution in [1.82, 2.24) is 9.55 Å². The van der Waals surface area contributed by atoms with E-state index in [1.165, 1.54) is 25.1 Å². The molecule has 108 valence electrons. The van der Waals surface area contributed by atoms with Gasteiger partial charge in [-0.3, -0.25) is 4.57 Å². The minimum absolute atomic E-state index is 0.102. The second kappa shape index (κ2) is 4.90. The lowest BCUT2D eigenvalue weighted by atomic mass is 10.2. The molecule has 0 fully saturated rings. The molecule has 0 aliphatic heterocycles. The first-order valence-corrected chi connectivity index (χ1v) is 7.06. The number of nitrogens with zero attached hydrogens (tertiary/aromatic N) is 2. The maximum absolute atomic E-state index is 14.3. The molecule has 0 unspecified atom stereocenters. The van der Waals surface area contributed by atoms with Gasteiger partial charge in [-0.15, -0.1) is 0 Å². The normalized spacial score (nSPS) is 11.3. The largest absolute Gasteiger partial charge is 0.369 e. The molecule has 1 heterocycles. The molecular formula is C14H9F3IN3. The summed E-state index contributed by atoms with van der Waals surface area (Å²) in [7, 11) is 0. The van der Waals surface area contributed by atoms with Crippen LogP contribution in [-0.4, -0.2) is 9.55 Å². The van der Waals surface area contributed by atoms with Gasteiger partial charge in [0, 0.05) is 6.07 Å². The Balaban J connectivity index is 2.43. The van der Waals surface area contributed by atoms with E-state index in [1.807, 2.05) is 22.6 Å². The van der Waals surface area contributed by atoms with Gasteiger partial charge >= 0.3 is 0 Å². The SMILES string of the molecule is Cc1ccc(F)c(-n2c(N)nc3cc(I)c(F)cc32)c1F. The van der Waals surface area contributed by atoms with E-state index in [0.717, 1.165) is 10.6 Å². The van der Waals surface area contributed by atoms with Crippen molar-refractivity contribution in [3.8, 4) is 5.69 Å². The van der Waals surface area contributed by atoms with Crippen LogP contribution in [0.1, 0.15) is 5.56 Å². The zero-order valence-corrected chi connectivity index (χ0v) is 13.0. The molecule has 0 aliphatic rings. The van der Waals surface area contributed by atoms with Gasteiger partial charge in [0.05, 0.1) is 14.6 Å². The molecule has 0 atom stereocenters. The third kappa shape index (κ3) is 2.15. The minimum atomic E-state index is -0.789. The van der Waals surface area contributed by atoms with Crippen molar-refractivity contribution in [2.45, 2.75) is 6.92 Å². The van der Waals surface area contributed by atoms with E-state index >= 15 is 0 Å². The molecule has 7 heteroatoms. The zero-order chi connectivity index (χ0) is 15.3. The lowest BCUT2D eigenvalue weighted by molar-refractivity contribution is 0.566. The highest BCUT2D eigenvalue weighted by Gasteiger charge is 2.20. The van der Waals surface area contributed by atoms with Gasteiger partial charge in [0.1, 0.15) is 17.3 Å². The van der Waals surface area contributed by atoms with Crippen LogP contribution in [0.15, 0.2) is 24.3 Å². The van der Waals surface area contributed by atoms with Gasteiger partial charge in [0.15, 0.2) is 5.82 Å². The molecule has 2 aromatic carbocycles. The average Bonchev–Trinajstić information content (AvgIpc) is 2.72. The molecule has 0 saturated heterocycles. The van der Waals surface area contributed by atoms with Crippen molar-refractivity contribution in [2.24, 2.45) is 0 Å². The summed E-state index contributed by atoms with van der Waals surface area (Å²) in [6.07, 6.45) is 0. The summed E-state index contributed by atoms with van der Waals surface area (Å²) in [5.74, 6) is -2.14. The molecule has 3 nitrogen and oxygen atoms in total. The number of aromatic nitrogens is 2. The predicted molar refractivity (Wildman–Crippen MR) is 82.8 cm³/mol. The molecule has 3 aromatic rings. The van der Waals surface area contributed by atoms with Crippen LogP contribution in [0, 0.1) is 27.9 Å². The van der Waals surface area contributed by atoms with Gasteiger partial charge in [0.2, 0.25) is 5.95 Å². The number of aryl methyl sites for hydroxylation is 1. The molecule has 0 amide bonds. The molecule has 2 N–H and O–H groups in total. The summed E-state index contributed by atoms with van der Waals surface area (Å²) in [6.45, 7) is 1.51. The first-order valence-electron chi connectivity index (χ1n) is 5.98. The Morgan fingerprint density at radius 3 is 2.57 bits per heavy atom. The molecule has 0 spiro atoms. The molecule has 0 radical (unpaired) electrons. The minimum Gasteiger partial charge on any atom is -0.369 e. The Kier molecular flexibility index (Phi) is 3.31. The number of nitrogens with two attached hydrogens (primary N) is 1. The summed E-state index contributed by atoms with van der Waals surface area (Å²) in [5.41, 5.74) is 6.27. The number of halogens is 4.